The molecule has 114 valence electrons. The molecule has 1 unspecified atom stereocenters. The highest BCUT2D eigenvalue weighted by Crippen LogP contribution is 2.11. The van der Waals surface area contributed by atoms with Crippen LogP contribution in [0.15, 0.2) is 54.6 Å². The molecule has 1 amide bonds. The summed E-state index contributed by atoms with van der Waals surface area (Å²) in [6.07, 6.45) is 0.494. The summed E-state index contributed by atoms with van der Waals surface area (Å²) < 4.78 is 0. The lowest BCUT2D eigenvalue weighted by molar-refractivity contribution is -0.122. The number of phenolic OH excluding ortho intramolecular Hbond substituents is 1. The quantitative estimate of drug-likeness (QED) is 0.686. The fourth-order valence-corrected chi connectivity index (χ4v) is 2.25. The van der Waals surface area contributed by atoms with E-state index >= 15 is 0 Å². The molecule has 0 aliphatic carbocycles. The van der Waals surface area contributed by atoms with Crippen LogP contribution < -0.4 is 10.6 Å². The molecule has 2 aromatic rings. The average molecular weight is 314 g/mol. The number of amides is 1. The zero-order valence-corrected chi connectivity index (χ0v) is 12.8. The third-order valence-electron chi connectivity index (χ3n) is 3.27. The molecule has 2 aromatic carbocycles. The molecule has 0 heterocycles. The van der Waals surface area contributed by atoms with E-state index in [0.717, 1.165) is 11.1 Å². The third-order valence-corrected chi connectivity index (χ3v) is 3.41. The van der Waals surface area contributed by atoms with Crippen LogP contribution in [0.1, 0.15) is 11.1 Å². The normalized spacial score (nSPS) is 11.5. The molecule has 0 fully saturated rings. The summed E-state index contributed by atoms with van der Waals surface area (Å²) in [6, 6.07) is 16.1. The van der Waals surface area contributed by atoms with Crippen LogP contribution in [0.4, 0.5) is 0 Å². The van der Waals surface area contributed by atoms with E-state index in [0.29, 0.717) is 13.0 Å². The van der Waals surface area contributed by atoms with Crippen molar-refractivity contribution in [1.82, 2.24) is 10.6 Å². The Labute approximate surface area is 135 Å². The Morgan fingerprint density at radius 1 is 1.09 bits per heavy atom. The van der Waals surface area contributed by atoms with Crippen molar-refractivity contribution in [2.24, 2.45) is 0 Å². The number of nitrogens with one attached hydrogen (secondary N) is 2. The van der Waals surface area contributed by atoms with Gasteiger partial charge in [-0.25, -0.2) is 0 Å². The second-order valence-electron chi connectivity index (χ2n) is 4.91. The van der Waals surface area contributed by atoms with Gasteiger partial charge in [-0.3, -0.25) is 4.79 Å². The zero-order chi connectivity index (χ0) is 15.8. The number of thiocarbonyl (C=S) groups is 1. The Morgan fingerprint density at radius 2 is 1.77 bits per heavy atom. The van der Waals surface area contributed by atoms with Crippen molar-refractivity contribution in [2.45, 2.75) is 19.0 Å². The summed E-state index contributed by atoms with van der Waals surface area (Å²) in [7, 11) is 0. The lowest BCUT2D eigenvalue weighted by Crippen LogP contribution is -2.44. The van der Waals surface area contributed by atoms with Gasteiger partial charge in [0.2, 0.25) is 5.91 Å². The second-order valence-corrected chi connectivity index (χ2v) is 5.15. The van der Waals surface area contributed by atoms with Gasteiger partial charge < -0.3 is 15.7 Å². The number of carbonyl (C=O) groups is 1. The molecule has 0 aliphatic heterocycles. The maximum atomic E-state index is 12.3. The van der Waals surface area contributed by atoms with E-state index in [1.165, 1.54) is 5.49 Å². The summed E-state index contributed by atoms with van der Waals surface area (Å²) >= 11 is 4.81. The van der Waals surface area contributed by atoms with E-state index in [-0.39, 0.29) is 11.7 Å². The highest BCUT2D eigenvalue weighted by atomic mass is 32.1. The number of hydrogen-bond acceptors (Lipinski definition) is 3. The molecule has 1 atom stereocenters. The minimum absolute atomic E-state index is 0.113. The largest absolute Gasteiger partial charge is 0.508 e. The van der Waals surface area contributed by atoms with Crippen LogP contribution in [0.25, 0.3) is 0 Å². The summed E-state index contributed by atoms with van der Waals surface area (Å²) in [6.45, 7) is 0.477. The van der Waals surface area contributed by atoms with Crippen molar-refractivity contribution >= 4 is 23.6 Å². The topological polar surface area (TPSA) is 61.4 Å². The first-order valence-corrected chi connectivity index (χ1v) is 7.45. The highest BCUT2D eigenvalue weighted by molar-refractivity contribution is 7.78. The number of rotatable bonds is 7. The van der Waals surface area contributed by atoms with E-state index in [9.17, 15) is 9.90 Å². The van der Waals surface area contributed by atoms with Gasteiger partial charge in [0.25, 0.3) is 0 Å². The number of carbonyl (C=O) groups excluding carboxylic acids is 1. The lowest BCUT2D eigenvalue weighted by Gasteiger charge is -2.17. The van der Waals surface area contributed by atoms with Crippen molar-refractivity contribution in [3.8, 4) is 5.75 Å². The smallest absolute Gasteiger partial charge is 0.243 e. The lowest BCUT2D eigenvalue weighted by atomic mass is 10.1. The van der Waals surface area contributed by atoms with Crippen molar-refractivity contribution in [3.63, 3.8) is 0 Å². The molecular formula is C17H18N2O2S. The summed E-state index contributed by atoms with van der Waals surface area (Å²) in [5.74, 6) is 0.0923. The maximum absolute atomic E-state index is 12.3. The molecule has 0 saturated carbocycles. The van der Waals surface area contributed by atoms with E-state index in [1.54, 1.807) is 24.3 Å². The summed E-state index contributed by atoms with van der Waals surface area (Å²) in [4.78, 5) is 12.3. The van der Waals surface area contributed by atoms with Gasteiger partial charge in [-0.1, -0.05) is 54.7 Å². The highest BCUT2D eigenvalue weighted by Gasteiger charge is 2.17. The molecule has 0 saturated heterocycles. The minimum Gasteiger partial charge on any atom is -0.508 e. The van der Waals surface area contributed by atoms with Crippen molar-refractivity contribution in [2.75, 3.05) is 0 Å². The molecule has 0 radical (unpaired) electrons. The fourth-order valence-electron chi connectivity index (χ4n) is 2.09. The van der Waals surface area contributed by atoms with E-state index in [2.05, 4.69) is 10.6 Å². The first-order chi connectivity index (χ1) is 10.7. The average Bonchev–Trinajstić information content (AvgIpc) is 2.55. The van der Waals surface area contributed by atoms with Crippen LogP contribution in [0, 0.1) is 0 Å². The van der Waals surface area contributed by atoms with Crippen LogP contribution in [0.5, 0.6) is 5.75 Å². The van der Waals surface area contributed by atoms with Gasteiger partial charge in [0.1, 0.15) is 11.8 Å². The Hall–Kier alpha value is -2.40. The van der Waals surface area contributed by atoms with Gasteiger partial charge in [-0.2, -0.15) is 0 Å². The predicted molar refractivity (Wildman–Crippen MR) is 90.7 cm³/mol. The molecule has 4 nitrogen and oxygen atoms in total. The monoisotopic (exact) mass is 314 g/mol. The molecule has 3 N–H and O–H groups in total. The number of aromatic hydroxyl groups is 1. The van der Waals surface area contributed by atoms with Gasteiger partial charge >= 0.3 is 0 Å². The predicted octanol–water partition coefficient (Wildman–Crippen LogP) is 2.17. The van der Waals surface area contributed by atoms with Crippen molar-refractivity contribution < 1.29 is 9.90 Å². The zero-order valence-electron chi connectivity index (χ0n) is 12.0. The molecule has 0 aliphatic rings. The molecule has 5 heteroatoms. The number of hydrogen-bond donors (Lipinski definition) is 3. The number of benzene rings is 2. The van der Waals surface area contributed by atoms with E-state index < -0.39 is 6.04 Å². The first kappa shape index (κ1) is 16.0. The maximum Gasteiger partial charge on any atom is 0.243 e. The SMILES string of the molecule is O=C(NCc1ccccc1)C(Cc1ccc(O)cc1)NC=S. The van der Waals surface area contributed by atoms with Gasteiger partial charge in [-0.05, 0) is 23.3 Å². The van der Waals surface area contributed by atoms with Gasteiger partial charge in [0, 0.05) is 13.0 Å². The van der Waals surface area contributed by atoms with E-state index in [4.69, 9.17) is 12.2 Å². The third kappa shape index (κ3) is 4.86. The van der Waals surface area contributed by atoms with Gasteiger partial charge in [-0.15, -0.1) is 0 Å². The molecule has 22 heavy (non-hydrogen) atoms. The Bertz CT molecular complexity index is 614. The second kappa shape index (κ2) is 8.14. The standard InChI is InChI=1S/C17H18N2O2S/c20-15-8-6-13(7-9-15)10-16(19-12-22)17(21)18-11-14-4-2-1-3-5-14/h1-9,12,16,20H,10-11H2,(H,18,21)(H,19,22). The molecule has 0 bridgehead atoms. The first-order valence-electron chi connectivity index (χ1n) is 6.98. The minimum atomic E-state index is -0.439. The molecule has 2 rings (SSSR count). The van der Waals surface area contributed by atoms with Crippen LogP contribution in [-0.4, -0.2) is 22.5 Å². The molecule has 0 aromatic heterocycles. The van der Waals surface area contributed by atoms with Crippen LogP contribution in [0.3, 0.4) is 0 Å². The van der Waals surface area contributed by atoms with E-state index in [1.807, 2.05) is 30.3 Å². The van der Waals surface area contributed by atoms with Crippen LogP contribution in [0.2, 0.25) is 0 Å². The van der Waals surface area contributed by atoms with Gasteiger partial charge in [0.05, 0.1) is 5.49 Å². The van der Waals surface area contributed by atoms with Gasteiger partial charge in [0.15, 0.2) is 0 Å². The summed E-state index contributed by atoms with van der Waals surface area (Å²) in [5, 5.41) is 15.1. The molecular weight excluding hydrogens is 296 g/mol. The van der Waals surface area contributed by atoms with Crippen molar-refractivity contribution in [3.05, 3.63) is 65.7 Å². The number of phenols is 1. The van der Waals surface area contributed by atoms with Crippen molar-refractivity contribution in [1.29, 1.82) is 0 Å². The Kier molecular flexibility index (Phi) is 5.91. The fraction of sp³-hybridized carbons (Fsp3) is 0.176. The van der Waals surface area contributed by atoms with Crippen LogP contribution in [-0.2, 0) is 17.8 Å². The summed E-state index contributed by atoms with van der Waals surface area (Å²) in [5.41, 5.74) is 3.34. The Balaban J connectivity index is 1.95. The molecule has 0 spiro atoms. The Morgan fingerprint density at radius 3 is 2.41 bits per heavy atom. The van der Waals surface area contributed by atoms with Crippen LogP contribution >= 0.6 is 12.2 Å².